The highest BCUT2D eigenvalue weighted by Crippen LogP contribution is 2.21. The molecule has 0 saturated carbocycles. The van der Waals surface area contributed by atoms with E-state index in [4.69, 9.17) is 4.74 Å². The molecule has 0 radical (unpaired) electrons. The van der Waals surface area contributed by atoms with Gasteiger partial charge in [-0.25, -0.2) is 0 Å². The summed E-state index contributed by atoms with van der Waals surface area (Å²) in [5.41, 5.74) is 6.72. The van der Waals surface area contributed by atoms with Gasteiger partial charge in [0, 0.05) is 16.2 Å². The molecule has 0 unspecified atom stereocenters. The average Bonchev–Trinajstić information content (AvgIpc) is 3.04. The summed E-state index contributed by atoms with van der Waals surface area (Å²) < 4.78 is 8.20. The minimum atomic E-state index is -0.434. The molecule has 7 heteroatoms. The Bertz CT molecular complexity index is 952. The smallest absolute Gasteiger partial charge is 0.276 e. The Morgan fingerprint density at radius 2 is 1.85 bits per heavy atom. The highest BCUT2D eigenvalue weighted by molar-refractivity contribution is 9.10. The first kappa shape index (κ1) is 18.0. The molecule has 134 valence electrons. The first-order valence-electron chi connectivity index (χ1n) is 8.03. The van der Waals surface area contributed by atoms with Gasteiger partial charge in [-0.15, -0.1) is 0 Å². The van der Waals surface area contributed by atoms with E-state index >= 15 is 0 Å². The van der Waals surface area contributed by atoms with E-state index < -0.39 is 5.91 Å². The number of hydrogen-bond donors (Lipinski definition) is 2. The lowest BCUT2D eigenvalue weighted by atomic mass is 10.2. The second-order valence-electron chi connectivity index (χ2n) is 5.80. The van der Waals surface area contributed by atoms with Gasteiger partial charge in [0.05, 0.1) is 0 Å². The van der Waals surface area contributed by atoms with Crippen molar-refractivity contribution in [1.29, 1.82) is 0 Å². The maximum absolute atomic E-state index is 12.0. The van der Waals surface area contributed by atoms with Crippen molar-refractivity contribution in [3.05, 3.63) is 64.8 Å². The Labute approximate surface area is 159 Å². The van der Waals surface area contributed by atoms with E-state index in [0.29, 0.717) is 5.75 Å². The van der Waals surface area contributed by atoms with Gasteiger partial charge in [-0.2, -0.15) is 0 Å². The molecule has 0 spiro atoms. The van der Waals surface area contributed by atoms with Crippen molar-refractivity contribution < 1.29 is 14.3 Å². The molecule has 2 amide bonds. The van der Waals surface area contributed by atoms with Crippen LogP contribution in [0.2, 0.25) is 0 Å². The number of carbonyl (C=O) groups excluding carboxylic acids is 2. The van der Waals surface area contributed by atoms with Crippen molar-refractivity contribution in [1.82, 2.24) is 15.4 Å². The Hall–Kier alpha value is -2.80. The molecule has 0 aliphatic rings. The number of carbonyl (C=O) groups is 2. The number of benzene rings is 2. The van der Waals surface area contributed by atoms with Crippen molar-refractivity contribution in [3.8, 4) is 5.75 Å². The van der Waals surface area contributed by atoms with E-state index in [2.05, 4.69) is 26.8 Å². The number of fused-ring (bicyclic) bond motifs is 1. The van der Waals surface area contributed by atoms with Crippen molar-refractivity contribution in [3.63, 3.8) is 0 Å². The zero-order valence-electron chi connectivity index (χ0n) is 14.2. The molecule has 26 heavy (non-hydrogen) atoms. The van der Waals surface area contributed by atoms with Gasteiger partial charge in [0.1, 0.15) is 12.3 Å². The minimum Gasteiger partial charge on any atom is -0.484 e. The molecule has 2 aromatic carbocycles. The van der Waals surface area contributed by atoms with Crippen molar-refractivity contribution in [2.75, 3.05) is 6.61 Å². The fourth-order valence-electron chi connectivity index (χ4n) is 2.50. The lowest BCUT2D eigenvalue weighted by molar-refractivity contribution is -0.130. The van der Waals surface area contributed by atoms with Crippen LogP contribution >= 0.6 is 15.9 Å². The highest BCUT2D eigenvalue weighted by atomic mass is 79.9. The number of nitrogens with one attached hydrogen (secondary N) is 2. The Balaban J connectivity index is 1.46. The lowest BCUT2D eigenvalue weighted by Gasteiger charge is -2.10. The third-order valence-corrected chi connectivity index (χ3v) is 4.72. The van der Waals surface area contributed by atoms with Gasteiger partial charge in [0.25, 0.3) is 11.8 Å². The quantitative estimate of drug-likeness (QED) is 0.629. The van der Waals surface area contributed by atoms with Gasteiger partial charge in [0.2, 0.25) is 0 Å². The third kappa shape index (κ3) is 4.43. The number of nitrogens with zero attached hydrogens (tertiary/aromatic N) is 1. The number of aryl methyl sites for hydroxylation is 1. The molecule has 3 aromatic rings. The van der Waals surface area contributed by atoms with Crippen LogP contribution in [0.4, 0.5) is 0 Å². The number of ether oxygens (including phenoxy) is 1. The highest BCUT2D eigenvalue weighted by Gasteiger charge is 2.08. The van der Waals surface area contributed by atoms with Gasteiger partial charge < -0.3 is 9.30 Å². The molecule has 6 nitrogen and oxygen atoms in total. The number of hydrazine groups is 1. The largest absolute Gasteiger partial charge is 0.484 e. The second-order valence-corrected chi connectivity index (χ2v) is 6.65. The first-order valence-corrected chi connectivity index (χ1v) is 8.83. The number of aromatic nitrogens is 1. The van der Waals surface area contributed by atoms with Crippen LogP contribution in [-0.4, -0.2) is 23.0 Å². The zero-order valence-corrected chi connectivity index (χ0v) is 15.7. The molecular weight excluding hydrogens is 398 g/mol. The molecular formula is C19H18BrN3O3. The molecule has 0 aliphatic carbocycles. The number of rotatable bonds is 5. The average molecular weight is 416 g/mol. The van der Waals surface area contributed by atoms with Crippen LogP contribution in [0.1, 0.15) is 5.56 Å². The van der Waals surface area contributed by atoms with Crippen LogP contribution in [0.15, 0.2) is 59.2 Å². The summed E-state index contributed by atoms with van der Waals surface area (Å²) in [5, 5.41) is 1.06. The summed E-state index contributed by atoms with van der Waals surface area (Å²) in [6, 6.07) is 15.2. The molecule has 2 N–H and O–H groups in total. The van der Waals surface area contributed by atoms with Crippen LogP contribution in [0.3, 0.4) is 0 Å². The van der Waals surface area contributed by atoms with E-state index in [1.165, 1.54) is 0 Å². The lowest BCUT2D eigenvalue weighted by Crippen LogP contribution is -2.45. The summed E-state index contributed by atoms with van der Waals surface area (Å²) >= 11 is 3.41. The number of para-hydroxylation sites is 1. The Morgan fingerprint density at radius 1 is 1.08 bits per heavy atom. The molecule has 0 fully saturated rings. The summed E-state index contributed by atoms with van der Waals surface area (Å²) in [6.07, 6.45) is 1.84. The summed E-state index contributed by atoms with van der Waals surface area (Å²) in [7, 11) is 0. The SMILES string of the molecule is Cc1cc(OCC(=O)NNC(=O)Cn2ccc3ccccc32)ccc1Br. The van der Waals surface area contributed by atoms with Crippen molar-refractivity contribution in [2.45, 2.75) is 13.5 Å². The molecule has 0 atom stereocenters. The monoisotopic (exact) mass is 415 g/mol. The first-order chi connectivity index (χ1) is 12.5. The van der Waals surface area contributed by atoms with Gasteiger partial charge in [-0.1, -0.05) is 34.1 Å². The molecule has 0 saturated heterocycles. The van der Waals surface area contributed by atoms with E-state index in [-0.39, 0.29) is 19.1 Å². The van der Waals surface area contributed by atoms with Crippen molar-refractivity contribution >= 4 is 38.6 Å². The molecule has 0 aliphatic heterocycles. The standard InChI is InChI=1S/C19H18BrN3O3/c1-13-10-15(6-7-16(13)20)26-12-19(25)22-21-18(24)11-23-9-8-14-4-2-3-5-17(14)23/h2-10H,11-12H2,1H3,(H,21,24)(H,22,25). The van der Waals surface area contributed by atoms with E-state index in [1.54, 1.807) is 6.07 Å². The van der Waals surface area contributed by atoms with Crippen LogP contribution in [0.25, 0.3) is 10.9 Å². The van der Waals surface area contributed by atoms with Crippen LogP contribution in [0.5, 0.6) is 5.75 Å². The number of halogens is 1. The maximum Gasteiger partial charge on any atom is 0.276 e. The predicted octanol–water partition coefficient (Wildman–Crippen LogP) is 2.94. The van der Waals surface area contributed by atoms with E-state index in [1.807, 2.05) is 60.2 Å². The normalized spacial score (nSPS) is 10.5. The molecule has 1 aromatic heterocycles. The predicted molar refractivity (Wildman–Crippen MR) is 103 cm³/mol. The van der Waals surface area contributed by atoms with Gasteiger partial charge >= 0.3 is 0 Å². The van der Waals surface area contributed by atoms with Crippen molar-refractivity contribution in [2.24, 2.45) is 0 Å². The zero-order chi connectivity index (χ0) is 18.5. The summed E-state index contributed by atoms with van der Waals surface area (Å²) in [4.78, 5) is 23.8. The van der Waals surface area contributed by atoms with Gasteiger partial charge in [-0.3, -0.25) is 20.4 Å². The maximum atomic E-state index is 12.0. The Kier molecular flexibility index (Phi) is 5.58. The van der Waals surface area contributed by atoms with Crippen LogP contribution in [0, 0.1) is 6.92 Å². The second kappa shape index (κ2) is 8.05. The van der Waals surface area contributed by atoms with Crippen LogP contribution < -0.4 is 15.6 Å². The molecule has 0 bridgehead atoms. The van der Waals surface area contributed by atoms with E-state index in [0.717, 1.165) is 20.9 Å². The number of amides is 2. The fraction of sp³-hybridized carbons (Fsp3) is 0.158. The summed E-state index contributed by atoms with van der Waals surface area (Å²) in [6.45, 7) is 1.86. The minimum absolute atomic E-state index is 0.112. The van der Waals surface area contributed by atoms with Gasteiger partial charge in [-0.05, 0) is 48.2 Å². The topological polar surface area (TPSA) is 72.4 Å². The molecule has 1 heterocycles. The fourth-order valence-corrected chi connectivity index (χ4v) is 2.75. The third-order valence-electron chi connectivity index (χ3n) is 3.83. The molecule has 3 rings (SSSR count). The van der Waals surface area contributed by atoms with Gasteiger partial charge in [0.15, 0.2) is 6.61 Å². The summed E-state index contributed by atoms with van der Waals surface area (Å²) in [5.74, 6) is -0.165. The van der Waals surface area contributed by atoms with E-state index in [9.17, 15) is 9.59 Å². The number of hydrogen-bond acceptors (Lipinski definition) is 3. The van der Waals surface area contributed by atoms with Crippen LogP contribution in [-0.2, 0) is 16.1 Å². The Morgan fingerprint density at radius 3 is 2.65 bits per heavy atom.